The molecule has 1 aromatic carbocycles. The van der Waals surface area contributed by atoms with Gasteiger partial charge in [-0.3, -0.25) is 0 Å². The quantitative estimate of drug-likeness (QED) is 0.628. The second-order valence-corrected chi connectivity index (χ2v) is 6.35. The molecular formula is C15H28O6P+. The zero-order valence-corrected chi connectivity index (χ0v) is 14.7. The second kappa shape index (κ2) is 9.06. The van der Waals surface area contributed by atoms with Gasteiger partial charge in [0.05, 0.1) is 0 Å². The van der Waals surface area contributed by atoms with Gasteiger partial charge in [0.25, 0.3) is 0 Å². The number of phenols is 2. The van der Waals surface area contributed by atoms with E-state index in [0.717, 1.165) is 18.4 Å². The maximum atomic E-state index is 10.0. The Balaban J connectivity index is 0. The van der Waals surface area contributed by atoms with E-state index in [1.165, 1.54) is 6.07 Å². The highest BCUT2D eigenvalue weighted by molar-refractivity contribution is 7.30. The molecule has 0 saturated carbocycles. The van der Waals surface area contributed by atoms with Gasteiger partial charge in [0.2, 0.25) is 0 Å². The lowest BCUT2D eigenvalue weighted by atomic mass is 9.60. The fourth-order valence-corrected chi connectivity index (χ4v) is 2.51. The lowest BCUT2D eigenvalue weighted by molar-refractivity contribution is 0.151. The van der Waals surface area contributed by atoms with Crippen molar-refractivity contribution in [2.24, 2.45) is 5.41 Å². The van der Waals surface area contributed by atoms with Crippen LogP contribution in [0.1, 0.15) is 53.0 Å². The maximum Gasteiger partial charge on any atom is 0.692 e. The van der Waals surface area contributed by atoms with Gasteiger partial charge in [0.15, 0.2) is 0 Å². The third-order valence-corrected chi connectivity index (χ3v) is 4.72. The van der Waals surface area contributed by atoms with Crippen LogP contribution in [0.2, 0.25) is 0 Å². The van der Waals surface area contributed by atoms with Crippen LogP contribution in [-0.4, -0.2) is 25.5 Å². The van der Waals surface area contributed by atoms with Gasteiger partial charge in [-0.15, -0.1) is 9.79 Å². The normalized spacial score (nSPS) is 11.0. The molecule has 0 aliphatic rings. The van der Waals surface area contributed by atoms with E-state index < -0.39 is 8.25 Å². The van der Waals surface area contributed by atoms with Gasteiger partial charge in [-0.05, 0) is 29.7 Å². The average Bonchev–Trinajstić information content (AvgIpc) is 2.36. The zero-order valence-electron chi connectivity index (χ0n) is 13.8. The van der Waals surface area contributed by atoms with Gasteiger partial charge in [-0.1, -0.05) is 40.7 Å². The average molecular weight is 335 g/mol. The summed E-state index contributed by atoms with van der Waals surface area (Å²) >= 11 is 0. The summed E-state index contributed by atoms with van der Waals surface area (Å²) in [6.07, 6.45) is 2.10. The first kappa shape index (κ1) is 23.1. The minimum Gasteiger partial charge on any atom is -0.508 e. The molecule has 0 amide bonds. The predicted octanol–water partition coefficient (Wildman–Crippen LogP) is 3.01. The Hall–Kier alpha value is -1.20. The topological polar surface area (TPSA) is 129 Å². The summed E-state index contributed by atoms with van der Waals surface area (Å²) in [5.74, 6) is 0.292. The highest BCUT2D eigenvalue weighted by Gasteiger charge is 2.40. The van der Waals surface area contributed by atoms with Gasteiger partial charge in [0.1, 0.15) is 11.5 Å². The molecule has 7 heteroatoms. The molecule has 0 aliphatic carbocycles. The summed E-state index contributed by atoms with van der Waals surface area (Å²) in [6, 6.07) is 4.89. The first-order chi connectivity index (χ1) is 9.51. The van der Waals surface area contributed by atoms with Crippen LogP contribution in [0.4, 0.5) is 0 Å². The molecule has 0 saturated heterocycles. The lowest BCUT2D eigenvalue weighted by Crippen LogP contribution is -2.38. The van der Waals surface area contributed by atoms with Gasteiger partial charge in [-0.25, -0.2) is 0 Å². The van der Waals surface area contributed by atoms with Crippen molar-refractivity contribution in [1.82, 2.24) is 0 Å². The van der Waals surface area contributed by atoms with E-state index in [2.05, 4.69) is 34.6 Å². The van der Waals surface area contributed by atoms with Crippen molar-refractivity contribution in [1.29, 1.82) is 0 Å². The van der Waals surface area contributed by atoms with Crippen LogP contribution in [0.5, 0.6) is 11.5 Å². The molecule has 0 fully saturated rings. The van der Waals surface area contributed by atoms with Gasteiger partial charge in [-0.2, -0.15) is 0 Å². The first-order valence-electron chi connectivity index (χ1n) is 6.89. The number of benzene rings is 1. The largest absolute Gasteiger partial charge is 0.692 e. The monoisotopic (exact) mass is 335 g/mol. The Labute approximate surface area is 132 Å². The minimum atomic E-state index is -2.87. The van der Waals surface area contributed by atoms with Gasteiger partial charge in [0, 0.05) is 16.2 Å². The Kier molecular flexibility index (Phi) is 9.50. The summed E-state index contributed by atoms with van der Waals surface area (Å²) in [4.78, 5) is 14.2. The zero-order chi connectivity index (χ0) is 16.8. The standard InChI is InChI=1S/C15H24O2.HO3P.H2O/c1-6-15(5,7-2)14(3,4)12-9-8-11(16)10-13(12)17;1-4(2)3;/h8-10,16-17H,6-7H2,1-5H3;(H-,1,2,3);1H2/p+1. The molecule has 0 aromatic heterocycles. The fraction of sp³-hybridized carbons (Fsp3) is 0.600. The summed E-state index contributed by atoms with van der Waals surface area (Å²) in [6.45, 7) is 10.9. The first-order valence-corrected chi connectivity index (χ1v) is 8.05. The summed E-state index contributed by atoms with van der Waals surface area (Å²) in [5, 5.41) is 19.4. The Morgan fingerprint density at radius 1 is 1.05 bits per heavy atom. The Bertz CT molecular complexity index is 479. The van der Waals surface area contributed by atoms with E-state index in [1.54, 1.807) is 6.07 Å². The number of hydrogen-bond donors (Lipinski definition) is 4. The molecule has 0 bridgehead atoms. The van der Waals surface area contributed by atoms with E-state index in [1.807, 2.05) is 6.07 Å². The third kappa shape index (κ3) is 5.54. The van der Waals surface area contributed by atoms with Crippen LogP contribution in [0, 0.1) is 5.41 Å². The van der Waals surface area contributed by atoms with Crippen LogP contribution in [-0.2, 0) is 9.98 Å². The summed E-state index contributed by atoms with van der Waals surface area (Å²) in [7, 11) is -2.87. The van der Waals surface area contributed by atoms with Gasteiger partial charge < -0.3 is 15.7 Å². The second-order valence-electron chi connectivity index (χ2n) is 5.85. The summed E-state index contributed by atoms with van der Waals surface area (Å²) in [5.41, 5.74) is 0.900. The SMILES string of the molecule is CCC(C)(CC)C(C)(C)c1ccc(O)cc1O.O.O=[P+](O)O. The van der Waals surface area contributed by atoms with E-state index in [-0.39, 0.29) is 27.8 Å². The molecular weight excluding hydrogens is 307 g/mol. The van der Waals surface area contributed by atoms with Crippen molar-refractivity contribution >= 4 is 8.25 Å². The van der Waals surface area contributed by atoms with E-state index >= 15 is 0 Å². The van der Waals surface area contributed by atoms with Crippen LogP contribution in [0.3, 0.4) is 0 Å². The molecule has 0 atom stereocenters. The number of hydrogen-bond acceptors (Lipinski definition) is 3. The third-order valence-electron chi connectivity index (χ3n) is 4.72. The Morgan fingerprint density at radius 2 is 1.45 bits per heavy atom. The van der Waals surface area contributed by atoms with Gasteiger partial charge >= 0.3 is 8.25 Å². The van der Waals surface area contributed by atoms with Crippen molar-refractivity contribution in [3.8, 4) is 11.5 Å². The van der Waals surface area contributed by atoms with Crippen molar-refractivity contribution in [3.05, 3.63) is 23.8 Å². The molecule has 0 spiro atoms. The van der Waals surface area contributed by atoms with E-state index in [4.69, 9.17) is 14.4 Å². The van der Waals surface area contributed by atoms with Crippen molar-refractivity contribution in [3.63, 3.8) is 0 Å². The van der Waals surface area contributed by atoms with Crippen LogP contribution in [0.25, 0.3) is 0 Å². The van der Waals surface area contributed by atoms with Crippen molar-refractivity contribution in [2.75, 3.05) is 0 Å². The minimum absolute atomic E-state index is 0. The highest BCUT2D eigenvalue weighted by Crippen LogP contribution is 2.49. The summed E-state index contributed by atoms with van der Waals surface area (Å²) < 4.78 is 8.70. The molecule has 0 radical (unpaired) electrons. The van der Waals surface area contributed by atoms with Crippen molar-refractivity contribution < 1.29 is 30.0 Å². The molecule has 6 N–H and O–H groups in total. The molecule has 1 aromatic rings. The van der Waals surface area contributed by atoms with E-state index in [9.17, 15) is 10.2 Å². The molecule has 0 aliphatic heterocycles. The molecule has 0 unspecified atom stereocenters. The molecule has 128 valence electrons. The van der Waals surface area contributed by atoms with E-state index in [0.29, 0.717) is 0 Å². The maximum absolute atomic E-state index is 10.0. The predicted molar refractivity (Wildman–Crippen MR) is 87.1 cm³/mol. The molecule has 22 heavy (non-hydrogen) atoms. The number of rotatable bonds is 4. The lowest BCUT2D eigenvalue weighted by Gasteiger charge is -2.44. The molecule has 1 rings (SSSR count). The number of aromatic hydroxyl groups is 2. The molecule has 6 nitrogen and oxygen atoms in total. The van der Waals surface area contributed by atoms with Crippen LogP contribution >= 0.6 is 8.25 Å². The van der Waals surface area contributed by atoms with Crippen LogP contribution < -0.4 is 0 Å². The fourth-order valence-electron chi connectivity index (χ4n) is 2.51. The highest BCUT2D eigenvalue weighted by atomic mass is 31.1. The Morgan fingerprint density at radius 3 is 1.77 bits per heavy atom. The molecule has 0 heterocycles. The smallest absolute Gasteiger partial charge is 0.508 e. The van der Waals surface area contributed by atoms with Crippen LogP contribution in [0.15, 0.2) is 18.2 Å². The van der Waals surface area contributed by atoms with Crippen molar-refractivity contribution in [2.45, 2.75) is 52.9 Å². The number of phenolic OH excluding ortho intramolecular Hbond substituents is 2.